The summed E-state index contributed by atoms with van der Waals surface area (Å²) in [6.45, 7) is 7.85. The van der Waals surface area contributed by atoms with Crippen LogP contribution in [0.25, 0.3) is 0 Å². The summed E-state index contributed by atoms with van der Waals surface area (Å²) in [7, 11) is -4.57. The lowest BCUT2D eigenvalue weighted by atomic mass is 9.55. The van der Waals surface area contributed by atoms with Gasteiger partial charge in [-0.25, -0.2) is 0 Å². The Labute approximate surface area is 149 Å². The molecular formula is C19H28O5S. The zero-order chi connectivity index (χ0) is 18.6. The number of hydrogen-bond donors (Lipinski definition) is 1. The minimum Gasteiger partial charge on any atom is -0.299 e. The summed E-state index contributed by atoms with van der Waals surface area (Å²) in [6, 6.07) is 0. The van der Waals surface area contributed by atoms with Crippen molar-refractivity contribution in [2.75, 3.05) is 0 Å². The Kier molecular flexibility index (Phi) is 3.22. The molecule has 4 unspecified atom stereocenters. The van der Waals surface area contributed by atoms with Crippen molar-refractivity contribution in [1.82, 2.24) is 0 Å². The van der Waals surface area contributed by atoms with E-state index in [1.807, 2.05) is 27.7 Å². The van der Waals surface area contributed by atoms with Crippen molar-refractivity contribution in [2.24, 2.45) is 33.5 Å². The molecule has 4 bridgehead atoms. The fourth-order valence-electron chi connectivity index (χ4n) is 7.58. The summed E-state index contributed by atoms with van der Waals surface area (Å²) in [5, 5.41) is -1.31. The quantitative estimate of drug-likeness (QED) is 0.774. The van der Waals surface area contributed by atoms with Gasteiger partial charge in [0.05, 0.1) is 10.8 Å². The minimum atomic E-state index is -4.57. The van der Waals surface area contributed by atoms with Gasteiger partial charge in [0.1, 0.15) is 16.8 Å². The van der Waals surface area contributed by atoms with Gasteiger partial charge in [-0.15, -0.1) is 0 Å². The molecule has 4 fully saturated rings. The van der Waals surface area contributed by atoms with Crippen LogP contribution in [0.1, 0.15) is 66.2 Å². The molecule has 0 spiro atoms. The van der Waals surface area contributed by atoms with Gasteiger partial charge in [-0.2, -0.15) is 8.42 Å². The van der Waals surface area contributed by atoms with E-state index >= 15 is 0 Å². The zero-order valence-electron chi connectivity index (χ0n) is 15.5. The third-order valence-electron chi connectivity index (χ3n) is 9.17. The largest absolute Gasteiger partial charge is 0.299 e. The maximum absolute atomic E-state index is 13.1. The van der Waals surface area contributed by atoms with Crippen LogP contribution in [0.5, 0.6) is 0 Å². The molecule has 4 aliphatic carbocycles. The van der Waals surface area contributed by atoms with Crippen molar-refractivity contribution in [3.05, 3.63) is 0 Å². The summed E-state index contributed by atoms with van der Waals surface area (Å²) >= 11 is 0. The molecule has 140 valence electrons. The second kappa shape index (κ2) is 4.56. The molecule has 5 nitrogen and oxygen atoms in total. The molecule has 0 amide bonds. The van der Waals surface area contributed by atoms with Gasteiger partial charge >= 0.3 is 0 Å². The second-order valence-corrected chi connectivity index (χ2v) is 11.5. The van der Waals surface area contributed by atoms with E-state index in [9.17, 15) is 22.6 Å². The molecule has 0 saturated heterocycles. The second-order valence-electron chi connectivity index (χ2n) is 10.0. The van der Waals surface area contributed by atoms with Crippen LogP contribution in [-0.4, -0.2) is 29.8 Å². The van der Waals surface area contributed by atoms with E-state index in [-0.39, 0.29) is 23.4 Å². The first kappa shape index (κ1) is 17.7. The summed E-state index contributed by atoms with van der Waals surface area (Å²) in [5.41, 5.74) is -3.32. The Balaban J connectivity index is 2.02. The van der Waals surface area contributed by atoms with Crippen LogP contribution in [0.15, 0.2) is 0 Å². The van der Waals surface area contributed by atoms with Crippen LogP contribution in [0.4, 0.5) is 0 Å². The standard InChI is InChI=1S/C19H28O5S/c1-16(2)11-5-7-18(16,13(20)9-11)15(25(22,23)24)19-8-6-12(10-14(19)21)17(19,3)4/h11-12,15H,5-10H2,1-4H3,(H,22,23,24). The molecule has 0 aromatic carbocycles. The number of hydrogen-bond acceptors (Lipinski definition) is 4. The van der Waals surface area contributed by atoms with Crippen molar-refractivity contribution in [3.63, 3.8) is 0 Å². The molecule has 0 heterocycles. The van der Waals surface area contributed by atoms with Gasteiger partial charge in [0.25, 0.3) is 10.1 Å². The smallest absolute Gasteiger partial charge is 0.269 e. The highest BCUT2D eigenvalue weighted by molar-refractivity contribution is 7.86. The zero-order valence-corrected chi connectivity index (χ0v) is 16.3. The monoisotopic (exact) mass is 368 g/mol. The summed E-state index contributed by atoms with van der Waals surface area (Å²) in [4.78, 5) is 26.2. The van der Waals surface area contributed by atoms with E-state index in [4.69, 9.17) is 0 Å². The third-order valence-corrected chi connectivity index (χ3v) is 10.6. The fourth-order valence-corrected chi connectivity index (χ4v) is 9.70. The molecule has 1 N–H and O–H groups in total. The Morgan fingerprint density at radius 1 is 0.880 bits per heavy atom. The van der Waals surface area contributed by atoms with Crippen molar-refractivity contribution in [1.29, 1.82) is 0 Å². The first-order valence-electron chi connectivity index (χ1n) is 9.36. The predicted molar refractivity (Wildman–Crippen MR) is 92.5 cm³/mol. The summed E-state index contributed by atoms with van der Waals surface area (Å²) < 4.78 is 36.0. The van der Waals surface area contributed by atoms with Gasteiger partial charge in [0.2, 0.25) is 0 Å². The molecule has 0 aromatic heterocycles. The molecule has 0 aromatic rings. The molecule has 0 radical (unpaired) electrons. The number of carbonyl (C=O) groups excluding carboxylic acids is 2. The SMILES string of the molecule is CC1(C)C2CCC1(C(C13CCC(CC1=O)C3(C)C)S(=O)(=O)O)C(=O)C2. The van der Waals surface area contributed by atoms with Crippen LogP contribution in [-0.2, 0) is 19.7 Å². The van der Waals surface area contributed by atoms with Crippen LogP contribution in [0, 0.1) is 33.5 Å². The van der Waals surface area contributed by atoms with Gasteiger partial charge in [-0.1, -0.05) is 27.7 Å². The molecule has 0 aliphatic heterocycles. The third kappa shape index (κ3) is 1.67. The number of rotatable bonds is 3. The molecule has 6 heteroatoms. The lowest BCUT2D eigenvalue weighted by molar-refractivity contribution is -0.139. The first-order chi connectivity index (χ1) is 11.3. The highest BCUT2D eigenvalue weighted by Gasteiger charge is 2.79. The van der Waals surface area contributed by atoms with E-state index < -0.39 is 37.0 Å². The Hall–Kier alpha value is -0.750. The number of Topliss-reactive ketones (excluding diaryl/α,β-unsaturated/α-hetero) is 2. The predicted octanol–water partition coefficient (Wildman–Crippen LogP) is 3.03. The minimum absolute atomic E-state index is 0.0651. The average Bonchev–Trinajstić information content (AvgIpc) is 2.99. The molecule has 4 rings (SSSR count). The molecular weight excluding hydrogens is 340 g/mol. The normalized spacial score (nSPS) is 45.3. The maximum Gasteiger partial charge on any atom is 0.269 e. The lowest BCUT2D eigenvalue weighted by Crippen LogP contribution is -2.62. The van der Waals surface area contributed by atoms with Gasteiger partial charge in [-0.05, 0) is 48.3 Å². The van der Waals surface area contributed by atoms with E-state index in [0.717, 1.165) is 12.8 Å². The van der Waals surface area contributed by atoms with Gasteiger partial charge in [-0.3, -0.25) is 14.1 Å². The summed E-state index contributed by atoms with van der Waals surface area (Å²) in [6.07, 6.45) is 3.24. The van der Waals surface area contributed by atoms with Crippen molar-refractivity contribution in [3.8, 4) is 0 Å². The van der Waals surface area contributed by atoms with E-state index in [0.29, 0.717) is 25.7 Å². The van der Waals surface area contributed by atoms with Crippen LogP contribution >= 0.6 is 0 Å². The Morgan fingerprint density at radius 2 is 1.24 bits per heavy atom. The maximum atomic E-state index is 13.1. The Bertz CT molecular complexity index is 730. The van der Waals surface area contributed by atoms with Gasteiger partial charge in [0.15, 0.2) is 0 Å². The van der Waals surface area contributed by atoms with Crippen LogP contribution in [0.2, 0.25) is 0 Å². The molecule has 25 heavy (non-hydrogen) atoms. The lowest BCUT2D eigenvalue weighted by Gasteiger charge is -2.51. The topological polar surface area (TPSA) is 88.5 Å². The van der Waals surface area contributed by atoms with Crippen LogP contribution in [0.3, 0.4) is 0 Å². The molecule has 4 aliphatic rings. The van der Waals surface area contributed by atoms with Gasteiger partial charge in [0, 0.05) is 12.8 Å². The van der Waals surface area contributed by atoms with Crippen molar-refractivity contribution in [2.45, 2.75) is 71.5 Å². The fraction of sp³-hybridized carbons (Fsp3) is 0.895. The van der Waals surface area contributed by atoms with E-state index in [2.05, 4.69) is 0 Å². The van der Waals surface area contributed by atoms with Crippen molar-refractivity contribution >= 4 is 21.7 Å². The average molecular weight is 368 g/mol. The highest BCUT2D eigenvalue weighted by Crippen LogP contribution is 2.75. The highest BCUT2D eigenvalue weighted by atomic mass is 32.2. The number of fused-ring (bicyclic) bond motifs is 4. The van der Waals surface area contributed by atoms with E-state index in [1.165, 1.54) is 0 Å². The molecule has 4 atom stereocenters. The first-order valence-corrected chi connectivity index (χ1v) is 10.9. The summed E-state index contributed by atoms with van der Waals surface area (Å²) in [5.74, 6) is 0.143. The Morgan fingerprint density at radius 3 is 1.44 bits per heavy atom. The van der Waals surface area contributed by atoms with Crippen LogP contribution < -0.4 is 0 Å². The van der Waals surface area contributed by atoms with E-state index in [1.54, 1.807) is 0 Å². The molecule has 4 saturated carbocycles. The number of carbonyl (C=O) groups is 2. The van der Waals surface area contributed by atoms with Crippen molar-refractivity contribution < 1.29 is 22.6 Å². The number of ketones is 2. The van der Waals surface area contributed by atoms with Gasteiger partial charge < -0.3 is 0 Å².